The largest absolute Gasteiger partial charge is 0.481 e. The van der Waals surface area contributed by atoms with Crippen LogP contribution in [-0.4, -0.2) is 12.1 Å². The summed E-state index contributed by atoms with van der Waals surface area (Å²) in [5, 5.41) is 0. The molecule has 5 heteroatoms. The molecule has 0 aromatic carbocycles. The van der Waals surface area contributed by atoms with Crippen LogP contribution in [-0.2, 0) is 6.67 Å². The van der Waals surface area contributed by atoms with Crippen LogP contribution in [0.4, 0.5) is 13.2 Å². The van der Waals surface area contributed by atoms with Crippen LogP contribution < -0.4 is 4.74 Å². The van der Waals surface area contributed by atoms with Crippen molar-refractivity contribution in [1.29, 1.82) is 0 Å². The second-order valence-electron chi connectivity index (χ2n) is 2.38. The second-order valence-corrected chi connectivity index (χ2v) is 2.38. The number of aromatic nitrogens is 1. The van der Waals surface area contributed by atoms with Crippen molar-refractivity contribution < 1.29 is 17.9 Å². The molecule has 0 fully saturated rings. The fourth-order valence-corrected chi connectivity index (χ4v) is 0.876. The minimum atomic E-state index is -2.71. The van der Waals surface area contributed by atoms with Crippen molar-refractivity contribution in [3.05, 3.63) is 23.4 Å². The fraction of sp³-hybridized carbons (Fsp3) is 0.375. The summed E-state index contributed by atoms with van der Waals surface area (Å²) < 4.78 is 41.1. The summed E-state index contributed by atoms with van der Waals surface area (Å²) in [5.41, 5.74) is -0.325. The third-order valence-electron chi connectivity index (χ3n) is 1.47. The number of rotatable bonds is 3. The maximum absolute atomic E-state index is 12.2. The lowest BCUT2D eigenvalue weighted by molar-refractivity contribution is 0.144. The Hall–Kier alpha value is -1.26. The zero-order valence-corrected chi connectivity index (χ0v) is 6.93. The first-order valence-electron chi connectivity index (χ1n) is 3.56. The van der Waals surface area contributed by atoms with Crippen molar-refractivity contribution in [2.45, 2.75) is 13.1 Å². The van der Waals surface area contributed by atoms with E-state index in [0.29, 0.717) is 0 Å². The highest BCUT2D eigenvalue weighted by Crippen LogP contribution is 2.21. The van der Waals surface area contributed by atoms with Gasteiger partial charge in [0.2, 0.25) is 5.88 Å². The summed E-state index contributed by atoms with van der Waals surface area (Å²) in [4.78, 5) is 3.46. The number of alkyl halides is 3. The summed E-state index contributed by atoms with van der Waals surface area (Å²) in [6, 6.07) is 2.30. The molecule has 0 unspecified atom stereocenters. The minimum absolute atomic E-state index is 0.00505. The summed E-state index contributed by atoms with van der Waals surface area (Å²) >= 11 is 0. The van der Waals surface area contributed by atoms with E-state index in [9.17, 15) is 13.2 Å². The topological polar surface area (TPSA) is 22.1 Å². The molecular formula is C8H8F3NO. The Kier molecular flexibility index (Phi) is 3.11. The quantitative estimate of drug-likeness (QED) is 0.732. The number of ether oxygens (including phenoxy) is 1. The Morgan fingerprint density at radius 1 is 1.46 bits per heavy atom. The Labute approximate surface area is 73.4 Å². The van der Waals surface area contributed by atoms with Crippen LogP contribution in [0.5, 0.6) is 5.88 Å². The number of hydrogen-bond acceptors (Lipinski definition) is 2. The molecule has 0 aliphatic carbocycles. The van der Waals surface area contributed by atoms with E-state index >= 15 is 0 Å². The lowest BCUT2D eigenvalue weighted by Gasteiger charge is -2.04. The van der Waals surface area contributed by atoms with E-state index in [0.717, 1.165) is 6.07 Å². The SMILES string of the molecule is COc1cc(CF)cc(C(F)F)n1. The summed E-state index contributed by atoms with van der Waals surface area (Å²) in [6.07, 6.45) is -2.71. The average Bonchev–Trinajstić information content (AvgIpc) is 2.16. The van der Waals surface area contributed by atoms with Crippen LogP contribution in [0.3, 0.4) is 0 Å². The fourth-order valence-electron chi connectivity index (χ4n) is 0.876. The minimum Gasteiger partial charge on any atom is -0.481 e. The van der Waals surface area contributed by atoms with Gasteiger partial charge in [-0.05, 0) is 11.6 Å². The number of halogens is 3. The van der Waals surface area contributed by atoms with Gasteiger partial charge in [-0.15, -0.1) is 0 Å². The Morgan fingerprint density at radius 3 is 2.62 bits per heavy atom. The molecule has 0 saturated carbocycles. The number of pyridine rings is 1. The van der Waals surface area contributed by atoms with Crippen molar-refractivity contribution in [3.8, 4) is 5.88 Å². The molecule has 0 N–H and O–H groups in total. The highest BCUT2D eigenvalue weighted by atomic mass is 19.3. The van der Waals surface area contributed by atoms with E-state index in [-0.39, 0.29) is 11.4 Å². The van der Waals surface area contributed by atoms with Crippen molar-refractivity contribution in [1.82, 2.24) is 4.98 Å². The van der Waals surface area contributed by atoms with Crippen LogP contribution in [0.2, 0.25) is 0 Å². The molecule has 2 nitrogen and oxygen atoms in total. The molecular weight excluding hydrogens is 183 g/mol. The van der Waals surface area contributed by atoms with Crippen LogP contribution in [0.1, 0.15) is 17.7 Å². The van der Waals surface area contributed by atoms with Crippen molar-refractivity contribution in [2.24, 2.45) is 0 Å². The summed E-state index contributed by atoms with van der Waals surface area (Å²) in [5.74, 6) is 0.00505. The molecule has 1 aromatic rings. The first-order valence-corrected chi connectivity index (χ1v) is 3.56. The van der Waals surface area contributed by atoms with Gasteiger partial charge in [-0.2, -0.15) is 0 Å². The van der Waals surface area contributed by atoms with Crippen LogP contribution >= 0.6 is 0 Å². The molecule has 0 bridgehead atoms. The molecule has 0 atom stereocenters. The smallest absolute Gasteiger partial charge is 0.280 e. The van der Waals surface area contributed by atoms with Crippen LogP contribution in [0, 0.1) is 0 Å². The Morgan fingerprint density at radius 2 is 2.15 bits per heavy atom. The van der Waals surface area contributed by atoms with Gasteiger partial charge in [0.05, 0.1) is 7.11 Å². The van der Waals surface area contributed by atoms with Gasteiger partial charge in [0.1, 0.15) is 12.4 Å². The second kappa shape index (κ2) is 4.11. The molecule has 1 heterocycles. The predicted octanol–water partition coefficient (Wildman–Crippen LogP) is 2.50. The van der Waals surface area contributed by atoms with Crippen molar-refractivity contribution in [3.63, 3.8) is 0 Å². The normalized spacial score (nSPS) is 10.5. The van der Waals surface area contributed by atoms with E-state index in [4.69, 9.17) is 0 Å². The van der Waals surface area contributed by atoms with E-state index < -0.39 is 18.8 Å². The molecule has 1 rings (SSSR count). The predicted molar refractivity (Wildman–Crippen MR) is 40.6 cm³/mol. The van der Waals surface area contributed by atoms with Gasteiger partial charge in [-0.25, -0.2) is 18.2 Å². The van der Waals surface area contributed by atoms with Gasteiger partial charge in [0, 0.05) is 6.07 Å². The number of hydrogen-bond donors (Lipinski definition) is 0. The number of nitrogens with zero attached hydrogens (tertiary/aromatic N) is 1. The highest BCUT2D eigenvalue weighted by molar-refractivity contribution is 5.25. The third kappa shape index (κ3) is 2.34. The third-order valence-corrected chi connectivity index (χ3v) is 1.47. The van der Waals surface area contributed by atoms with Gasteiger partial charge in [-0.3, -0.25) is 0 Å². The first kappa shape index (κ1) is 9.83. The standard InChI is InChI=1S/C8H8F3NO/c1-13-7-3-5(4-9)2-6(12-7)8(10)11/h2-3,8H,4H2,1H3. The molecule has 1 aromatic heterocycles. The Bertz CT molecular complexity index is 268. The van der Waals surface area contributed by atoms with E-state index in [1.54, 1.807) is 0 Å². The van der Waals surface area contributed by atoms with E-state index in [2.05, 4.69) is 9.72 Å². The van der Waals surface area contributed by atoms with E-state index in [1.807, 2.05) is 0 Å². The first-order chi connectivity index (χ1) is 6.17. The van der Waals surface area contributed by atoms with Crippen molar-refractivity contribution >= 4 is 0 Å². The molecule has 13 heavy (non-hydrogen) atoms. The van der Waals surface area contributed by atoms with Gasteiger partial charge in [0.15, 0.2) is 0 Å². The van der Waals surface area contributed by atoms with Gasteiger partial charge < -0.3 is 4.74 Å². The average molecular weight is 191 g/mol. The molecule has 0 amide bonds. The maximum atomic E-state index is 12.2. The lowest BCUT2D eigenvalue weighted by Crippen LogP contribution is -1.96. The zero-order chi connectivity index (χ0) is 9.84. The van der Waals surface area contributed by atoms with Crippen LogP contribution in [0.15, 0.2) is 12.1 Å². The summed E-state index contributed by atoms with van der Waals surface area (Å²) in [7, 11) is 1.29. The highest BCUT2D eigenvalue weighted by Gasteiger charge is 2.11. The zero-order valence-electron chi connectivity index (χ0n) is 6.93. The molecule has 0 radical (unpaired) electrons. The molecule has 0 aliphatic rings. The maximum Gasteiger partial charge on any atom is 0.280 e. The number of methoxy groups -OCH3 is 1. The molecule has 72 valence electrons. The molecule has 0 aliphatic heterocycles. The summed E-state index contributed by atoms with van der Waals surface area (Å²) in [6.45, 7) is -0.807. The van der Waals surface area contributed by atoms with Crippen LogP contribution in [0.25, 0.3) is 0 Å². The molecule has 0 spiro atoms. The van der Waals surface area contributed by atoms with Gasteiger partial charge >= 0.3 is 0 Å². The Balaban J connectivity index is 3.07. The lowest BCUT2D eigenvalue weighted by atomic mass is 10.2. The van der Waals surface area contributed by atoms with Crippen molar-refractivity contribution in [2.75, 3.05) is 7.11 Å². The monoisotopic (exact) mass is 191 g/mol. The van der Waals surface area contributed by atoms with E-state index in [1.165, 1.54) is 13.2 Å². The van der Waals surface area contributed by atoms with Gasteiger partial charge in [0.25, 0.3) is 6.43 Å². The molecule has 0 saturated heterocycles. The van der Waals surface area contributed by atoms with Gasteiger partial charge in [-0.1, -0.05) is 0 Å².